The molecule has 1 aliphatic heterocycles. The Morgan fingerprint density at radius 2 is 2.16 bits per heavy atom. The molecule has 3 rings (SSSR count). The third-order valence-corrected chi connectivity index (χ3v) is 5.08. The molecule has 2 aromatic heterocycles. The lowest BCUT2D eigenvalue weighted by Crippen LogP contribution is -2.30. The normalized spacial score (nSPS) is 17.8. The Labute approximate surface area is 149 Å². The molecular weight excluding hydrogens is 355 g/mol. The van der Waals surface area contributed by atoms with Gasteiger partial charge in [0.1, 0.15) is 11.0 Å². The van der Waals surface area contributed by atoms with Gasteiger partial charge in [0.15, 0.2) is 5.69 Å². The van der Waals surface area contributed by atoms with Crippen molar-refractivity contribution in [3.05, 3.63) is 34.1 Å². The minimum absolute atomic E-state index is 0.267. The lowest BCUT2D eigenvalue weighted by molar-refractivity contribution is -0.141. The first-order chi connectivity index (χ1) is 11.8. The fourth-order valence-electron chi connectivity index (χ4n) is 3.28. The van der Waals surface area contributed by atoms with E-state index in [-0.39, 0.29) is 5.92 Å². The third kappa shape index (κ3) is 3.84. The van der Waals surface area contributed by atoms with Crippen molar-refractivity contribution in [1.82, 2.24) is 24.6 Å². The SMILES string of the molecule is CCc1nn(C)c(Cl)c1CNC[C@@H]1CCc2nc(C(F)(F)F)cn2C1. The molecule has 0 saturated carbocycles. The number of aryl methyl sites for hydroxylation is 3. The Morgan fingerprint density at radius 1 is 1.40 bits per heavy atom. The van der Waals surface area contributed by atoms with Crippen molar-refractivity contribution in [2.75, 3.05) is 6.54 Å². The second-order valence-electron chi connectivity index (χ2n) is 6.42. The maximum absolute atomic E-state index is 12.8. The first kappa shape index (κ1) is 18.3. The van der Waals surface area contributed by atoms with E-state index >= 15 is 0 Å². The summed E-state index contributed by atoms with van der Waals surface area (Å²) in [5, 5.41) is 8.37. The van der Waals surface area contributed by atoms with E-state index in [0.717, 1.165) is 30.3 Å². The molecule has 3 heterocycles. The van der Waals surface area contributed by atoms with Gasteiger partial charge in [0, 0.05) is 38.3 Å². The van der Waals surface area contributed by atoms with Crippen molar-refractivity contribution < 1.29 is 13.2 Å². The van der Waals surface area contributed by atoms with Crippen LogP contribution in [0.1, 0.15) is 36.1 Å². The molecule has 0 saturated heterocycles. The molecule has 0 spiro atoms. The van der Waals surface area contributed by atoms with Gasteiger partial charge in [-0.05, 0) is 25.3 Å². The van der Waals surface area contributed by atoms with Crippen molar-refractivity contribution in [2.24, 2.45) is 13.0 Å². The lowest BCUT2D eigenvalue weighted by Gasteiger charge is -2.24. The number of imidazole rings is 1. The van der Waals surface area contributed by atoms with Crippen molar-refractivity contribution >= 4 is 11.6 Å². The van der Waals surface area contributed by atoms with E-state index in [2.05, 4.69) is 15.4 Å². The number of aromatic nitrogens is 4. The third-order valence-electron chi connectivity index (χ3n) is 4.60. The molecule has 0 fully saturated rings. The standard InChI is InChI=1S/C16H21ClF3N5/c1-3-12-11(15(17)24(2)23-12)7-21-6-10-4-5-14-22-13(16(18,19)20)9-25(14)8-10/h9-10,21H,3-8H2,1-2H3/t10-/m0/s1. The highest BCUT2D eigenvalue weighted by atomic mass is 35.5. The second-order valence-corrected chi connectivity index (χ2v) is 6.78. The molecule has 0 unspecified atom stereocenters. The quantitative estimate of drug-likeness (QED) is 0.873. The number of fused-ring (bicyclic) bond motifs is 1. The van der Waals surface area contributed by atoms with Crippen LogP contribution in [-0.4, -0.2) is 25.9 Å². The lowest BCUT2D eigenvalue weighted by atomic mass is 9.99. The molecular formula is C16H21ClF3N5. The second kappa shape index (κ2) is 6.99. The van der Waals surface area contributed by atoms with Gasteiger partial charge in [0.25, 0.3) is 0 Å². The van der Waals surface area contributed by atoms with Crippen LogP contribution in [0.4, 0.5) is 13.2 Å². The highest BCUT2D eigenvalue weighted by molar-refractivity contribution is 6.30. The Bertz CT molecular complexity index is 750. The maximum Gasteiger partial charge on any atom is 0.434 e. The molecule has 2 aromatic rings. The predicted octanol–water partition coefficient (Wildman–Crippen LogP) is 3.20. The van der Waals surface area contributed by atoms with Crippen LogP contribution in [-0.2, 0) is 39.2 Å². The van der Waals surface area contributed by atoms with E-state index in [9.17, 15) is 13.2 Å². The van der Waals surface area contributed by atoms with Crippen LogP contribution >= 0.6 is 11.6 Å². The molecule has 25 heavy (non-hydrogen) atoms. The van der Waals surface area contributed by atoms with Crippen molar-refractivity contribution in [1.29, 1.82) is 0 Å². The Morgan fingerprint density at radius 3 is 2.84 bits per heavy atom. The van der Waals surface area contributed by atoms with Crippen molar-refractivity contribution in [3.8, 4) is 0 Å². The summed E-state index contributed by atoms with van der Waals surface area (Å²) < 4.78 is 41.6. The van der Waals surface area contributed by atoms with E-state index in [1.807, 2.05) is 14.0 Å². The first-order valence-corrected chi connectivity index (χ1v) is 8.71. The van der Waals surface area contributed by atoms with E-state index in [0.29, 0.717) is 37.0 Å². The van der Waals surface area contributed by atoms with Crippen LogP contribution in [0.25, 0.3) is 0 Å². The summed E-state index contributed by atoms with van der Waals surface area (Å²) in [5.41, 5.74) is 1.16. The van der Waals surface area contributed by atoms with E-state index in [4.69, 9.17) is 11.6 Å². The first-order valence-electron chi connectivity index (χ1n) is 8.33. The topological polar surface area (TPSA) is 47.7 Å². The van der Waals surface area contributed by atoms with Gasteiger partial charge < -0.3 is 9.88 Å². The van der Waals surface area contributed by atoms with E-state index in [1.165, 1.54) is 0 Å². The number of nitrogens with one attached hydrogen (secondary N) is 1. The molecule has 1 N–H and O–H groups in total. The van der Waals surface area contributed by atoms with Crippen LogP contribution in [0.5, 0.6) is 0 Å². The summed E-state index contributed by atoms with van der Waals surface area (Å²) >= 11 is 6.27. The summed E-state index contributed by atoms with van der Waals surface area (Å²) in [6.07, 6.45) is -1.07. The van der Waals surface area contributed by atoms with Gasteiger partial charge in [-0.2, -0.15) is 18.3 Å². The van der Waals surface area contributed by atoms with Gasteiger partial charge >= 0.3 is 6.18 Å². The van der Waals surface area contributed by atoms with Gasteiger partial charge in [-0.1, -0.05) is 18.5 Å². The number of rotatable bonds is 5. The zero-order valence-corrected chi connectivity index (χ0v) is 15.0. The molecule has 138 valence electrons. The van der Waals surface area contributed by atoms with Crippen LogP contribution in [0.3, 0.4) is 0 Å². The Hall–Kier alpha value is -1.54. The van der Waals surface area contributed by atoms with Gasteiger partial charge in [0.2, 0.25) is 0 Å². The number of alkyl halides is 3. The summed E-state index contributed by atoms with van der Waals surface area (Å²) in [6.45, 7) is 3.90. The minimum Gasteiger partial charge on any atom is -0.334 e. The Balaban J connectivity index is 1.58. The van der Waals surface area contributed by atoms with Crippen LogP contribution in [0.2, 0.25) is 5.15 Å². The molecule has 1 atom stereocenters. The van der Waals surface area contributed by atoms with E-state index < -0.39 is 11.9 Å². The average molecular weight is 376 g/mol. The number of halogens is 4. The van der Waals surface area contributed by atoms with Crippen molar-refractivity contribution in [2.45, 2.75) is 45.5 Å². The average Bonchev–Trinajstić information content (AvgIpc) is 3.10. The molecule has 9 heteroatoms. The van der Waals surface area contributed by atoms with Gasteiger partial charge in [-0.15, -0.1) is 0 Å². The number of nitrogens with zero attached hydrogens (tertiary/aromatic N) is 4. The highest BCUT2D eigenvalue weighted by Crippen LogP contribution is 2.30. The molecule has 5 nitrogen and oxygen atoms in total. The smallest absolute Gasteiger partial charge is 0.334 e. The van der Waals surface area contributed by atoms with Crippen LogP contribution < -0.4 is 5.32 Å². The fourth-order valence-corrected chi connectivity index (χ4v) is 3.49. The number of hydrogen-bond acceptors (Lipinski definition) is 3. The Kier molecular flexibility index (Phi) is 5.11. The molecule has 0 aliphatic carbocycles. The molecule has 0 amide bonds. The van der Waals surface area contributed by atoms with E-state index in [1.54, 1.807) is 9.25 Å². The molecule has 0 radical (unpaired) electrons. The van der Waals surface area contributed by atoms with Gasteiger partial charge in [-0.25, -0.2) is 4.98 Å². The summed E-state index contributed by atoms with van der Waals surface area (Å²) in [7, 11) is 1.81. The monoisotopic (exact) mass is 375 g/mol. The van der Waals surface area contributed by atoms with Gasteiger partial charge in [0.05, 0.1) is 5.69 Å². The highest BCUT2D eigenvalue weighted by Gasteiger charge is 2.35. The largest absolute Gasteiger partial charge is 0.434 e. The minimum atomic E-state index is -4.38. The van der Waals surface area contributed by atoms with Crippen molar-refractivity contribution in [3.63, 3.8) is 0 Å². The molecule has 1 aliphatic rings. The maximum atomic E-state index is 12.8. The summed E-state index contributed by atoms with van der Waals surface area (Å²) in [4.78, 5) is 3.71. The summed E-state index contributed by atoms with van der Waals surface area (Å²) in [6, 6.07) is 0. The predicted molar refractivity (Wildman–Crippen MR) is 88.3 cm³/mol. The summed E-state index contributed by atoms with van der Waals surface area (Å²) in [5.74, 6) is 0.787. The van der Waals surface area contributed by atoms with Gasteiger partial charge in [-0.3, -0.25) is 4.68 Å². The number of hydrogen-bond donors (Lipinski definition) is 1. The zero-order valence-electron chi connectivity index (χ0n) is 14.2. The fraction of sp³-hybridized carbons (Fsp3) is 0.625. The molecule has 0 bridgehead atoms. The van der Waals surface area contributed by atoms with Crippen LogP contribution in [0, 0.1) is 5.92 Å². The van der Waals surface area contributed by atoms with Crippen LogP contribution in [0.15, 0.2) is 6.20 Å². The molecule has 0 aromatic carbocycles. The zero-order chi connectivity index (χ0) is 18.2.